The second-order valence-electron chi connectivity index (χ2n) is 6.39. The summed E-state index contributed by atoms with van der Waals surface area (Å²) in [6, 6.07) is 15.9. The van der Waals surface area contributed by atoms with Crippen molar-refractivity contribution in [1.82, 2.24) is 10.1 Å². The Labute approximate surface area is 152 Å². The Morgan fingerprint density at radius 3 is 2.54 bits per heavy atom. The third-order valence-electron chi connectivity index (χ3n) is 4.00. The zero-order valence-electron chi connectivity index (χ0n) is 15.1. The molecule has 0 atom stereocenters. The topological polar surface area (TPSA) is 71.3 Å². The Morgan fingerprint density at radius 1 is 1.19 bits per heavy atom. The van der Waals surface area contributed by atoms with Crippen molar-refractivity contribution in [3.63, 3.8) is 0 Å². The van der Waals surface area contributed by atoms with Gasteiger partial charge < -0.3 is 14.7 Å². The van der Waals surface area contributed by atoms with E-state index in [-0.39, 0.29) is 5.91 Å². The molecule has 134 valence electrons. The van der Waals surface area contributed by atoms with E-state index in [0.717, 1.165) is 12.2 Å². The van der Waals surface area contributed by atoms with Gasteiger partial charge in [-0.1, -0.05) is 35.5 Å². The highest BCUT2D eigenvalue weighted by atomic mass is 16.5. The summed E-state index contributed by atoms with van der Waals surface area (Å²) in [5.41, 5.74) is 2.53. The smallest absolute Gasteiger partial charge is 0.275 e. The van der Waals surface area contributed by atoms with Gasteiger partial charge in [0.25, 0.3) is 5.91 Å². The van der Waals surface area contributed by atoms with E-state index in [0.29, 0.717) is 23.3 Å². The van der Waals surface area contributed by atoms with Crippen LogP contribution in [0.4, 0.5) is 11.5 Å². The van der Waals surface area contributed by atoms with Crippen LogP contribution in [-0.4, -0.2) is 22.1 Å². The summed E-state index contributed by atoms with van der Waals surface area (Å²) in [5, 5.41) is 6.42. The highest BCUT2D eigenvalue weighted by Gasteiger charge is 2.14. The van der Waals surface area contributed by atoms with Crippen molar-refractivity contribution < 1.29 is 9.32 Å². The molecule has 0 saturated heterocycles. The van der Waals surface area contributed by atoms with Gasteiger partial charge in [0.05, 0.1) is 11.9 Å². The highest BCUT2D eigenvalue weighted by molar-refractivity contribution is 6.02. The lowest BCUT2D eigenvalue weighted by Gasteiger charge is -2.29. The highest BCUT2D eigenvalue weighted by Crippen LogP contribution is 2.20. The van der Waals surface area contributed by atoms with Gasteiger partial charge in [0.2, 0.25) is 0 Å². The molecule has 0 aliphatic carbocycles. The summed E-state index contributed by atoms with van der Waals surface area (Å²) in [7, 11) is 0. The molecule has 6 heteroatoms. The van der Waals surface area contributed by atoms with E-state index >= 15 is 0 Å². The predicted molar refractivity (Wildman–Crippen MR) is 101 cm³/mol. The van der Waals surface area contributed by atoms with Crippen LogP contribution in [0.1, 0.15) is 35.7 Å². The second-order valence-corrected chi connectivity index (χ2v) is 6.39. The van der Waals surface area contributed by atoms with Crippen molar-refractivity contribution in [3.8, 4) is 0 Å². The van der Waals surface area contributed by atoms with Crippen molar-refractivity contribution in [3.05, 3.63) is 71.7 Å². The zero-order chi connectivity index (χ0) is 18.5. The van der Waals surface area contributed by atoms with Crippen molar-refractivity contribution in [2.24, 2.45) is 0 Å². The molecule has 1 amide bonds. The number of nitrogens with one attached hydrogen (secondary N) is 1. The molecule has 0 fully saturated rings. The van der Waals surface area contributed by atoms with Crippen LogP contribution in [0.5, 0.6) is 0 Å². The molecular weight excluding hydrogens is 328 g/mol. The van der Waals surface area contributed by atoms with Crippen LogP contribution in [0.15, 0.2) is 59.3 Å². The summed E-state index contributed by atoms with van der Waals surface area (Å²) in [4.78, 5) is 18.8. The van der Waals surface area contributed by atoms with Gasteiger partial charge in [-0.05, 0) is 38.5 Å². The van der Waals surface area contributed by atoms with E-state index in [2.05, 4.69) is 46.3 Å². The molecule has 0 radical (unpaired) electrons. The fourth-order valence-corrected chi connectivity index (χ4v) is 2.65. The Hall–Kier alpha value is -3.15. The molecule has 0 aliphatic rings. The van der Waals surface area contributed by atoms with Gasteiger partial charge >= 0.3 is 0 Å². The van der Waals surface area contributed by atoms with Crippen molar-refractivity contribution in [1.29, 1.82) is 0 Å². The molecule has 1 aromatic carbocycles. The molecule has 26 heavy (non-hydrogen) atoms. The first-order chi connectivity index (χ1) is 12.5. The Bertz CT molecular complexity index is 857. The van der Waals surface area contributed by atoms with Crippen LogP contribution in [0.25, 0.3) is 0 Å². The number of pyridine rings is 1. The zero-order valence-corrected chi connectivity index (χ0v) is 15.1. The maximum atomic E-state index is 12.3. The van der Waals surface area contributed by atoms with Crippen LogP contribution < -0.4 is 10.2 Å². The van der Waals surface area contributed by atoms with Gasteiger partial charge in [0, 0.05) is 18.7 Å². The third-order valence-corrected chi connectivity index (χ3v) is 4.00. The second kappa shape index (κ2) is 7.82. The number of hydrogen-bond acceptors (Lipinski definition) is 5. The lowest BCUT2D eigenvalue weighted by atomic mass is 10.1. The largest absolute Gasteiger partial charge is 0.364 e. The molecule has 2 heterocycles. The molecule has 3 rings (SSSR count). The van der Waals surface area contributed by atoms with Gasteiger partial charge in [0.15, 0.2) is 5.82 Å². The summed E-state index contributed by atoms with van der Waals surface area (Å²) in [5.74, 6) is 0.701. The van der Waals surface area contributed by atoms with Crippen molar-refractivity contribution in [2.75, 3.05) is 10.2 Å². The average molecular weight is 350 g/mol. The molecule has 0 aliphatic heterocycles. The van der Waals surface area contributed by atoms with E-state index < -0.39 is 0 Å². The van der Waals surface area contributed by atoms with Crippen LogP contribution in [0, 0.1) is 6.92 Å². The summed E-state index contributed by atoms with van der Waals surface area (Å²) in [6.07, 6.45) is 1.73. The van der Waals surface area contributed by atoms with E-state index in [1.807, 2.05) is 24.3 Å². The minimum Gasteiger partial charge on any atom is -0.364 e. The van der Waals surface area contributed by atoms with E-state index in [9.17, 15) is 4.79 Å². The molecule has 3 aromatic rings. The Kier molecular flexibility index (Phi) is 5.31. The first kappa shape index (κ1) is 17.7. The summed E-state index contributed by atoms with van der Waals surface area (Å²) >= 11 is 0. The normalized spacial score (nSPS) is 10.8. The first-order valence-electron chi connectivity index (χ1n) is 8.54. The first-order valence-corrected chi connectivity index (χ1v) is 8.54. The fraction of sp³-hybridized carbons (Fsp3) is 0.250. The lowest BCUT2D eigenvalue weighted by Crippen LogP contribution is -2.30. The molecule has 2 aromatic heterocycles. The molecule has 6 nitrogen and oxygen atoms in total. The molecule has 0 saturated carbocycles. The fourth-order valence-electron chi connectivity index (χ4n) is 2.65. The quantitative estimate of drug-likeness (QED) is 0.726. The van der Waals surface area contributed by atoms with Gasteiger partial charge in [-0.3, -0.25) is 4.79 Å². The van der Waals surface area contributed by atoms with Gasteiger partial charge in [-0.15, -0.1) is 0 Å². The van der Waals surface area contributed by atoms with Gasteiger partial charge in [-0.2, -0.15) is 0 Å². The Balaban J connectivity index is 1.73. The van der Waals surface area contributed by atoms with E-state index in [1.54, 1.807) is 25.3 Å². The van der Waals surface area contributed by atoms with Crippen molar-refractivity contribution >= 4 is 17.4 Å². The third kappa shape index (κ3) is 4.27. The number of carbonyl (C=O) groups excluding carboxylic acids is 1. The van der Waals surface area contributed by atoms with E-state index in [4.69, 9.17) is 4.52 Å². The lowest BCUT2D eigenvalue weighted by molar-refractivity contribution is 0.102. The number of aryl methyl sites for hydroxylation is 1. The van der Waals surface area contributed by atoms with Crippen LogP contribution >= 0.6 is 0 Å². The number of rotatable bonds is 6. The van der Waals surface area contributed by atoms with E-state index in [1.165, 1.54) is 5.56 Å². The average Bonchev–Trinajstić information content (AvgIpc) is 3.05. The minimum absolute atomic E-state index is 0.301. The summed E-state index contributed by atoms with van der Waals surface area (Å²) < 4.78 is 4.94. The minimum atomic E-state index is -0.316. The van der Waals surface area contributed by atoms with Crippen LogP contribution in [-0.2, 0) is 6.54 Å². The molecule has 0 bridgehead atoms. The Morgan fingerprint density at radius 2 is 1.96 bits per heavy atom. The summed E-state index contributed by atoms with van der Waals surface area (Å²) in [6.45, 7) is 6.82. The maximum Gasteiger partial charge on any atom is 0.275 e. The van der Waals surface area contributed by atoms with Crippen LogP contribution in [0.2, 0.25) is 0 Å². The standard InChI is InChI=1S/C20H22N4O2/c1-14(2)24(13-16-7-5-4-6-8-16)17-9-10-18(21-12-17)20(25)22-19-11-15(3)26-23-19/h4-12,14H,13H2,1-3H3,(H,22,23,25). The number of anilines is 2. The molecular formula is C20H22N4O2. The maximum absolute atomic E-state index is 12.3. The number of amides is 1. The number of benzene rings is 1. The molecule has 0 spiro atoms. The van der Waals surface area contributed by atoms with Gasteiger partial charge in [-0.25, -0.2) is 4.98 Å². The van der Waals surface area contributed by atoms with Gasteiger partial charge in [0.1, 0.15) is 11.5 Å². The molecule has 0 unspecified atom stereocenters. The number of carbonyl (C=O) groups is 1. The predicted octanol–water partition coefficient (Wildman–Crippen LogP) is 4.05. The number of nitrogens with zero attached hydrogens (tertiary/aromatic N) is 3. The molecule has 1 N–H and O–H groups in total. The number of hydrogen-bond donors (Lipinski definition) is 1. The van der Waals surface area contributed by atoms with Crippen molar-refractivity contribution in [2.45, 2.75) is 33.4 Å². The monoisotopic (exact) mass is 350 g/mol. The number of aromatic nitrogens is 2. The van der Waals surface area contributed by atoms with Crippen LogP contribution in [0.3, 0.4) is 0 Å². The SMILES string of the molecule is Cc1cc(NC(=O)c2ccc(N(Cc3ccccc3)C(C)C)cn2)no1.